The Balaban J connectivity index is 2.28. The minimum atomic E-state index is -3.52. The third kappa shape index (κ3) is 2.49. The summed E-state index contributed by atoms with van der Waals surface area (Å²) in [7, 11) is -1.89. The Morgan fingerprint density at radius 2 is 2.00 bits per heavy atom. The molecule has 0 spiro atoms. The number of pyridine rings is 1. The molecule has 1 fully saturated rings. The minimum absolute atomic E-state index is 0.0864. The van der Waals surface area contributed by atoms with E-state index < -0.39 is 10.0 Å². The van der Waals surface area contributed by atoms with E-state index in [9.17, 15) is 8.42 Å². The van der Waals surface area contributed by atoms with Gasteiger partial charge in [-0.3, -0.25) is 4.98 Å². The molecule has 0 radical (unpaired) electrons. The van der Waals surface area contributed by atoms with E-state index in [0.717, 1.165) is 25.7 Å². The van der Waals surface area contributed by atoms with E-state index in [2.05, 4.69) is 4.98 Å². The van der Waals surface area contributed by atoms with Crippen LogP contribution in [0.25, 0.3) is 0 Å². The Labute approximate surface area is 108 Å². The molecule has 6 heteroatoms. The Hall–Kier alpha value is -1.14. The van der Waals surface area contributed by atoms with Crippen molar-refractivity contribution in [1.82, 2.24) is 9.29 Å². The second-order valence-electron chi connectivity index (χ2n) is 4.73. The van der Waals surface area contributed by atoms with Gasteiger partial charge in [-0.05, 0) is 18.9 Å². The molecule has 1 heterocycles. The molecule has 1 aliphatic rings. The van der Waals surface area contributed by atoms with Gasteiger partial charge >= 0.3 is 0 Å². The van der Waals surface area contributed by atoms with E-state index >= 15 is 0 Å². The molecule has 0 unspecified atom stereocenters. The van der Waals surface area contributed by atoms with Crippen LogP contribution in [0.15, 0.2) is 23.4 Å². The molecule has 100 valence electrons. The first-order valence-corrected chi connectivity index (χ1v) is 7.65. The Morgan fingerprint density at radius 1 is 1.33 bits per heavy atom. The van der Waals surface area contributed by atoms with Crippen LogP contribution in [-0.4, -0.2) is 30.8 Å². The Bertz CT molecular complexity index is 510. The fourth-order valence-electron chi connectivity index (χ4n) is 2.40. The van der Waals surface area contributed by atoms with Gasteiger partial charge in [0.15, 0.2) is 0 Å². The molecular formula is C12H19N3O2S. The quantitative estimate of drug-likeness (QED) is 0.904. The lowest BCUT2D eigenvalue weighted by Crippen LogP contribution is -2.38. The van der Waals surface area contributed by atoms with Crippen LogP contribution in [0.3, 0.4) is 0 Å². The second-order valence-corrected chi connectivity index (χ2v) is 6.69. The molecule has 0 aromatic carbocycles. The highest BCUT2D eigenvalue weighted by Gasteiger charge is 2.30. The van der Waals surface area contributed by atoms with Gasteiger partial charge in [-0.2, -0.15) is 4.31 Å². The predicted octanol–water partition coefficient (Wildman–Crippen LogP) is 1.62. The zero-order chi connectivity index (χ0) is 13.2. The zero-order valence-electron chi connectivity index (χ0n) is 10.5. The number of hydrogen-bond donors (Lipinski definition) is 1. The lowest BCUT2D eigenvalue weighted by atomic mass is 9.96. The van der Waals surface area contributed by atoms with Gasteiger partial charge in [0.2, 0.25) is 10.0 Å². The van der Waals surface area contributed by atoms with Crippen molar-refractivity contribution in [2.24, 2.45) is 0 Å². The van der Waals surface area contributed by atoms with Gasteiger partial charge in [0.05, 0.1) is 5.69 Å². The van der Waals surface area contributed by atoms with Crippen molar-refractivity contribution in [3.63, 3.8) is 0 Å². The van der Waals surface area contributed by atoms with E-state index in [4.69, 9.17) is 5.73 Å². The summed E-state index contributed by atoms with van der Waals surface area (Å²) in [6.45, 7) is 0. The molecule has 1 aromatic rings. The number of aromatic nitrogens is 1. The van der Waals surface area contributed by atoms with Crippen LogP contribution in [-0.2, 0) is 10.0 Å². The largest absolute Gasteiger partial charge is 0.398 e. The van der Waals surface area contributed by atoms with Crippen LogP contribution in [0.1, 0.15) is 32.1 Å². The van der Waals surface area contributed by atoms with E-state index in [-0.39, 0.29) is 16.6 Å². The Morgan fingerprint density at radius 3 is 2.61 bits per heavy atom. The van der Waals surface area contributed by atoms with Crippen molar-refractivity contribution < 1.29 is 8.42 Å². The van der Waals surface area contributed by atoms with Gasteiger partial charge in [-0.25, -0.2) is 8.42 Å². The average molecular weight is 269 g/mol. The van der Waals surface area contributed by atoms with Crippen LogP contribution >= 0.6 is 0 Å². The first kappa shape index (κ1) is 13.3. The summed E-state index contributed by atoms with van der Waals surface area (Å²) >= 11 is 0. The van der Waals surface area contributed by atoms with Crippen molar-refractivity contribution in [2.45, 2.75) is 43.0 Å². The fourth-order valence-corrected chi connectivity index (χ4v) is 3.88. The van der Waals surface area contributed by atoms with Crippen LogP contribution in [0.2, 0.25) is 0 Å². The van der Waals surface area contributed by atoms with Crippen molar-refractivity contribution in [1.29, 1.82) is 0 Å². The number of hydrogen-bond acceptors (Lipinski definition) is 4. The summed E-state index contributed by atoms with van der Waals surface area (Å²) in [5.74, 6) is 0. The first-order valence-electron chi connectivity index (χ1n) is 6.21. The molecule has 0 atom stereocenters. The number of nitrogens with two attached hydrogens (primary N) is 1. The van der Waals surface area contributed by atoms with E-state index in [1.807, 2.05) is 0 Å². The van der Waals surface area contributed by atoms with Crippen LogP contribution in [0, 0.1) is 0 Å². The fraction of sp³-hybridized carbons (Fsp3) is 0.583. The van der Waals surface area contributed by atoms with Crippen molar-refractivity contribution in [3.05, 3.63) is 18.5 Å². The van der Waals surface area contributed by atoms with Crippen LogP contribution < -0.4 is 5.73 Å². The van der Waals surface area contributed by atoms with E-state index in [0.29, 0.717) is 0 Å². The van der Waals surface area contributed by atoms with Crippen LogP contribution in [0.4, 0.5) is 5.69 Å². The lowest BCUT2D eigenvalue weighted by molar-refractivity contribution is 0.286. The smallest absolute Gasteiger partial charge is 0.246 e. The topological polar surface area (TPSA) is 76.3 Å². The molecule has 5 nitrogen and oxygen atoms in total. The van der Waals surface area contributed by atoms with Gasteiger partial charge in [0.1, 0.15) is 4.90 Å². The first-order chi connectivity index (χ1) is 8.53. The summed E-state index contributed by atoms with van der Waals surface area (Å²) in [5.41, 5.74) is 5.99. The van der Waals surface area contributed by atoms with Gasteiger partial charge < -0.3 is 5.73 Å². The highest BCUT2D eigenvalue weighted by Crippen LogP contribution is 2.27. The maximum absolute atomic E-state index is 12.5. The van der Waals surface area contributed by atoms with Crippen molar-refractivity contribution in [3.8, 4) is 0 Å². The molecule has 0 bridgehead atoms. The summed E-state index contributed by atoms with van der Waals surface area (Å²) in [6.07, 6.45) is 8.05. The summed E-state index contributed by atoms with van der Waals surface area (Å²) in [4.78, 5) is 3.96. The maximum Gasteiger partial charge on any atom is 0.246 e. The molecule has 1 aliphatic carbocycles. The summed E-state index contributed by atoms with van der Waals surface area (Å²) in [5, 5.41) is 0. The highest BCUT2D eigenvalue weighted by atomic mass is 32.2. The normalized spacial score (nSPS) is 18.1. The summed E-state index contributed by atoms with van der Waals surface area (Å²) in [6, 6.07) is 1.60. The predicted molar refractivity (Wildman–Crippen MR) is 70.5 cm³/mol. The SMILES string of the molecule is CN(C1CCCCC1)S(=O)(=O)c1cnccc1N. The van der Waals surface area contributed by atoms with Gasteiger partial charge in [-0.15, -0.1) is 0 Å². The third-order valence-corrected chi connectivity index (χ3v) is 5.52. The zero-order valence-corrected chi connectivity index (χ0v) is 11.4. The molecule has 0 saturated heterocycles. The second kappa shape index (κ2) is 5.24. The number of nitrogens with zero attached hydrogens (tertiary/aromatic N) is 2. The van der Waals surface area contributed by atoms with Crippen molar-refractivity contribution >= 4 is 15.7 Å². The lowest BCUT2D eigenvalue weighted by Gasteiger charge is -2.30. The molecule has 2 N–H and O–H groups in total. The molecular weight excluding hydrogens is 250 g/mol. The van der Waals surface area contributed by atoms with Crippen LogP contribution in [0.5, 0.6) is 0 Å². The molecule has 18 heavy (non-hydrogen) atoms. The number of nitrogen functional groups attached to an aromatic ring is 1. The van der Waals surface area contributed by atoms with E-state index in [1.165, 1.54) is 29.2 Å². The number of sulfonamides is 1. The summed E-state index contributed by atoms with van der Waals surface area (Å²) < 4.78 is 26.4. The van der Waals surface area contributed by atoms with Gasteiger partial charge in [0, 0.05) is 25.5 Å². The molecule has 0 amide bonds. The number of rotatable bonds is 3. The van der Waals surface area contributed by atoms with E-state index in [1.54, 1.807) is 7.05 Å². The third-order valence-electron chi connectivity index (χ3n) is 3.56. The maximum atomic E-state index is 12.5. The average Bonchev–Trinajstić information content (AvgIpc) is 2.39. The van der Waals surface area contributed by atoms with Gasteiger partial charge in [-0.1, -0.05) is 19.3 Å². The monoisotopic (exact) mass is 269 g/mol. The van der Waals surface area contributed by atoms with Gasteiger partial charge in [0.25, 0.3) is 0 Å². The standard InChI is InChI=1S/C12H19N3O2S/c1-15(10-5-3-2-4-6-10)18(16,17)12-9-14-8-7-11(12)13/h7-10H,2-6H2,1H3,(H2,13,14). The molecule has 2 rings (SSSR count). The molecule has 0 aliphatic heterocycles. The molecule has 1 aromatic heterocycles. The minimum Gasteiger partial charge on any atom is -0.398 e. The van der Waals surface area contributed by atoms with Crippen molar-refractivity contribution in [2.75, 3.05) is 12.8 Å². The Kier molecular flexibility index (Phi) is 3.87. The molecule has 1 saturated carbocycles. The highest BCUT2D eigenvalue weighted by molar-refractivity contribution is 7.89. The number of anilines is 1.